The molecule has 0 saturated heterocycles. The summed E-state index contributed by atoms with van der Waals surface area (Å²) in [6.07, 6.45) is 0.826. The summed E-state index contributed by atoms with van der Waals surface area (Å²) in [4.78, 5) is 27.0. The van der Waals surface area contributed by atoms with Crippen molar-refractivity contribution in [3.63, 3.8) is 0 Å². The number of hydrogen-bond donors (Lipinski definition) is 1. The number of benzene rings is 2. The van der Waals surface area contributed by atoms with Gasteiger partial charge in [0, 0.05) is 22.6 Å². The Balaban J connectivity index is 2.14. The Bertz CT molecular complexity index is 860. The summed E-state index contributed by atoms with van der Waals surface area (Å²) in [5.74, 6) is 0.135. The average Bonchev–Trinajstić information content (AvgIpc) is 2.70. The SMILES string of the molecule is CCCNC(=O)[C@@H](C)N(Cc1cccc(Cl)c1)C(=O)COc1ccc(Br)c(C)c1. The van der Waals surface area contributed by atoms with E-state index in [0.717, 1.165) is 22.0 Å². The van der Waals surface area contributed by atoms with Crippen LogP contribution in [0.5, 0.6) is 5.75 Å². The van der Waals surface area contributed by atoms with Gasteiger partial charge in [-0.3, -0.25) is 9.59 Å². The molecule has 0 fully saturated rings. The zero-order valence-corrected chi connectivity index (χ0v) is 19.2. The van der Waals surface area contributed by atoms with Crippen molar-refractivity contribution < 1.29 is 14.3 Å². The Hall–Kier alpha value is -2.05. The molecular formula is C22H26BrClN2O3. The van der Waals surface area contributed by atoms with Crippen LogP contribution in [0.4, 0.5) is 0 Å². The first-order valence-corrected chi connectivity index (χ1v) is 10.7. The number of hydrogen-bond acceptors (Lipinski definition) is 3. The zero-order chi connectivity index (χ0) is 21.4. The predicted octanol–water partition coefficient (Wildman–Crippen LogP) is 4.73. The van der Waals surface area contributed by atoms with Crippen molar-refractivity contribution in [1.82, 2.24) is 10.2 Å². The summed E-state index contributed by atoms with van der Waals surface area (Å²) in [6, 6.07) is 12.2. The minimum Gasteiger partial charge on any atom is -0.484 e. The Morgan fingerprint density at radius 3 is 2.66 bits per heavy atom. The lowest BCUT2D eigenvalue weighted by molar-refractivity contribution is -0.142. The second-order valence-corrected chi connectivity index (χ2v) is 8.11. The lowest BCUT2D eigenvalue weighted by Gasteiger charge is -2.28. The van der Waals surface area contributed by atoms with Gasteiger partial charge in [0.2, 0.25) is 5.91 Å². The number of carbonyl (C=O) groups is 2. The summed E-state index contributed by atoms with van der Waals surface area (Å²) >= 11 is 9.52. The van der Waals surface area contributed by atoms with Crippen molar-refractivity contribution >= 4 is 39.3 Å². The van der Waals surface area contributed by atoms with Crippen molar-refractivity contribution in [1.29, 1.82) is 0 Å². The van der Waals surface area contributed by atoms with Gasteiger partial charge in [0.25, 0.3) is 5.91 Å². The highest BCUT2D eigenvalue weighted by Gasteiger charge is 2.26. The molecule has 2 amide bonds. The van der Waals surface area contributed by atoms with E-state index >= 15 is 0 Å². The first-order chi connectivity index (χ1) is 13.8. The van der Waals surface area contributed by atoms with Crippen LogP contribution in [-0.2, 0) is 16.1 Å². The van der Waals surface area contributed by atoms with Crippen molar-refractivity contribution in [2.24, 2.45) is 0 Å². The molecule has 7 heteroatoms. The van der Waals surface area contributed by atoms with Crippen molar-refractivity contribution in [2.45, 2.75) is 39.8 Å². The number of aryl methyl sites for hydroxylation is 1. The van der Waals surface area contributed by atoms with E-state index in [1.165, 1.54) is 4.90 Å². The van der Waals surface area contributed by atoms with Gasteiger partial charge in [-0.2, -0.15) is 0 Å². The fourth-order valence-electron chi connectivity index (χ4n) is 2.75. The molecule has 1 N–H and O–H groups in total. The van der Waals surface area contributed by atoms with E-state index in [2.05, 4.69) is 21.2 Å². The van der Waals surface area contributed by atoms with Gasteiger partial charge < -0.3 is 15.0 Å². The van der Waals surface area contributed by atoms with Crippen molar-refractivity contribution in [2.75, 3.05) is 13.2 Å². The number of amides is 2. The number of carbonyl (C=O) groups excluding carboxylic acids is 2. The number of halogens is 2. The quantitative estimate of drug-likeness (QED) is 0.563. The number of rotatable bonds is 9. The van der Waals surface area contributed by atoms with E-state index in [9.17, 15) is 9.59 Å². The molecule has 0 bridgehead atoms. The number of nitrogens with zero attached hydrogens (tertiary/aromatic N) is 1. The van der Waals surface area contributed by atoms with Crippen molar-refractivity contribution in [3.05, 3.63) is 63.1 Å². The normalized spacial score (nSPS) is 11.6. The summed E-state index contributed by atoms with van der Waals surface area (Å²) in [7, 11) is 0. The Morgan fingerprint density at radius 2 is 2.00 bits per heavy atom. The molecule has 2 aromatic carbocycles. The Labute approximate surface area is 185 Å². The minimum atomic E-state index is -0.636. The van der Waals surface area contributed by atoms with Gasteiger partial charge in [-0.05, 0) is 61.7 Å². The lowest BCUT2D eigenvalue weighted by Crippen LogP contribution is -2.49. The maximum atomic E-state index is 13.0. The zero-order valence-electron chi connectivity index (χ0n) is 16.9. The molecule has 156 valence electrons. The molecule has 2 aromatic rings. The van der Waals surface area contributed by atoms with E-state index in [-0.39, 0.29) is 25.0 Å². The van der Waals surface area contributed by atoms with Crippen LogP contribution in [0.1, 0.15) is 31.4 Å². The third-order valence-electron chi connectivity index (χ3n) is 4.45. The van der Waals surface area contributed by atoms with E-state index < -0.39 is 6.04 Å². The van der Waals surface area contributed by atoms with Gasteiger partial charge >= 0.3 is 0 Å². The van der Waals surface area contributed by atoms with E-state index in [1.54, 1.807) is 25.1 Å². The molecule has 1 atom stereocenters. The smallest absolute Gasteiger partial charge is 0.261 e. The number of nitrogens with one attached hydrogen (secondary N) is 1. The molecule has 0 aliphatic rings. The Morgan fingerprint density at radius 1 is 1.24 bits per heavy atom. The first kappa shape index (κ1) is 23.2. The third kappa shape index (κ3) is 7.05. The minimum absolute atomic E-state index is 0.160. The molecule has 0 aliphatic heterocycles. The molecule has 0 heterocycles. The van der Waals surface area contributed by atoms with Gasteiger partial charge in [-0.15, -0.1) is 0 Å². The van der Waals surface area contributed by atoms with Crippen LogP contribution >= 0.6 is 27.5 Å². The maximum absolute atomic E-state index is 13.0. The maximum Gasteiger partial charge on any atom is 0.261 e. The highest BCUT2D eigenvalue weighted by molar-refractivity contribution is 9.10. The van der Waals surface area contributed by atoms with Crippen LogP contribution in [0, 0.1) is 6.92 Å². The van der Waals surface area contributed by atoms with E-state index in [4.69, 9.17) is 16.3 Å². The van der Waals surface area contributed by atoms with Gasteiger partial charge in [0.05, 0.1) is 0 Å². The number of ether oxygens (including phenoxy) is 1. The summed E-state index contributed by atoms with van der Waals surface area (Å²) in [5.41, 5.74) is 1.86. The topological polar surface area (TPSA) is 58.6 Å². The third-order valence-corrected chi connectivity index (χ3v) is 5.58. The molecule has 2 rings (SSSR count). The van der Waals surface area contributed by atoms with Crippen LogP contribution in [0.15, 0.2) is 46.9 Å². The summed E-state index contributed by atoms with van der Waals surface area (Å²) in [6.45, 7) is 6.32. The van der Waals surface area contributed by atoms with Gasteiger partial charge in [0.15, 0.2) is 6.61 Å². The largest absolute Gasteiger partial charge is 0.484 e. The second kappa shape index (κ2) is 11.2. The molecule has 0 spiro atoms. The molecule has 0 saturated carbocycles. The fraction of sp³-hybridized carbons (Fsp3) is 0.364. The van der Waals surface area contributed by atoms with Gasteiger partial charge in [-0.1, -0.05) is 46.6 Å². The predicted molar refractivity (Wildman–Crippen MR) is 119 cm³/mol. The first-order valence-electron chi connectivity index (χ1n) is 9.52. The highest BCUT2D eigenvalue weighted by atomic mass is 79.9. The van der Waals surface area contributed by atoms with E-state index in [0.29, 0.717) is 17.3 Å². The highest BCUT2D eigenvalue weighted by Crippen LogP contribution is 2.22. The molecule has 0 aliphatic carbocycles. The van der Waals surface area contributed by atoms with Gasteiger partial charge in [-0.25, -0.2) is 0 Å². The lowest BCUT2D eigenvalue weighted by atomic mass is 10.1. The van der Waals surface area contributed by atoms with Crippen LogP contribution in [0.25, 0.3) is 0 Å². The van der Waals surface area contributed by atoms with Crippen LogP contribution < -0.4 is 10.1 Å². The molecule has 0 radical (unpaired) electrons. The Kier molecular flexibility index (Phi) is 8.99. The molecule has 29 heavy (non-hydrogen) atoms. The molecular weight excluding hydrogens is 456 g/mol. The summed E-state index contributed by atoms with van der Waals surface area (Å²) < 4.78 is 6.66. The molecule has 5 nitrogen and oxygen atoms in total. The molecule has 0 unspecified atom stereocenters. The van der Waals surface area contributed by atoms with Crippen LogP contribution in [-0.4, -0.2) is 35.9 Å². The average molecular weight is 482 g/mol. The van der Waals surface area contributed by atoms with Crippen LogP contribution in [0.3, 0.4) is 0 Å². The fourth-order valence-corrected chi connectivity index (χ4v) is 3.21. The van der Waals surface area contributed by atoms with Crippen molar-refractivity contribution in [3.8, 4) is 5.75 Å². The van der Waals surface area contributed by atoms with Crippen LogP contribution in [0.2, 0.25) is 5.02 Å². The monoisotopic (exact) mass is 480 g/mol. The summed E-state index contributed by atoms with van der Waals surface area (Å²) in [5, 5.41) is 3.43. The molecule has 0 aromatic heterocycles. The second-order valence-electron chi connectivity index (χ2n) is 6.82. The van der Waals surface area contributed by atoms with E-state index in [1.807, 2.05) is 38.1 Å². The standard InChI is InChI=1S/C22H26BrClN2O3/c1-4-10-25-22(28)16(3)26(13-17-6-5-7-18(24)12-17)21(27)14-29-19-8-9-20(23)15(2)11-19/h5-9,11-12,16H,4,10,13-14H2,1-3H3,(H,25,28)/t16-/m1/s1. The van der Waals surface area contributed by atoms with Gasteiger partial charge in [0.1, 0.15) is 11.8 Å².